The number of aromatic nitrogens is 3. The van der Waals surface area contributed by atoms with Crippen molar-refractivity contribution in [1.82, 2.24) is 25.4 Å². The molecule has 0 unspecified atom stereocenters. The molecule has 0 saturated carbocycles. The molecule has 28 heavy (non-hydrogen) atoms. The SMILES string of the molecule is COCC1(CNC(=O)c2cc(C(C)C)nc3c2cnn3C(C)C)CCNCC1. The van der Waals surface area contributed by atoms with Gasteiger partial charge in [0, 0.05) is 30.8 Å². The minimum Gasteiger partial charge on any atom is -0.384 e. The first-order valence-corrected chi connectivity index (χ1v) is 10.2. The lowest BCUT2D eigenvalue weighted by atomic mass is 9.79. The van der Waals surface area contributed by atoms with Crippen LogP contribution in [-0.4, -0.2) is 54.0 Å². The normalized spacial score (nSPS) is 16.8. The number of rotatable bonds is 7. The highest BCUT2D eigenvalue weighted by Gasteiger charge is 2.33. The van der Waals surface area contributed by atoms with Crippen LogP contribution in [0.25, 0.3) is 11.0 Å². The van der Waals surface area contributed by atoms with E-state index in [4.69, 9.17) is 9.72 Å². The molecule has 0 spiro atoms. The monoisotopic (exact) mass is 387 g/mol. The minimum atomic E-state index is -0.0633. The highest BCUT2D eigenvalue weighted by Crippen LogP contribution is 2.29. The van der Waals surface area contributed by atoms with E-state index in [1.807, 2.05) is 10.7 Å². The molecule has 154 valence electrons. The molecule has 2 aromatic rings. The Bertz CT molecular complexity index is 816. The summed E-state index contributed by atoms with van der Waals surface area (Å²) in [5.74, 6) is 0.169. The maximum Gasteiger partial charge on any atom is 0.252 e. The second kappa shape index (κ2) is 8.57. The molecule has 0 atom stereocenters. The third kappa shape index (κ3) is 4.20. The first kappa shape index (κ1) is 20.7. The fourth-order valence-corrected chi connectivity index (χ4v) is 3.90. The van der Waals surface area contributed by atoms with Crippen molar-refractivity contribution in [3.8, 4) is 0 Å². The first-order chi connectivity index (χ1) is 13.4. The van der Waals surface area contributed by atoms with Crippen LogP contribution in [0.3, 0.4) is 0 Å². The molecule has 3 heterocycles. The number of pyridine rings is 1. The number of carbonyl (C=O) groups excluding carboxylic acids is 1. The molecular formula is C21H33N5O2. The van der Waals surface area contributed by atoms with Crippen LogP contribution in [0.4, 0.5) is 0 Å². The zero-order chi connectivity index (χ0) is 20.3. The van der Waals surface area contributed by atoms with Gasteiger partial charge in [-0.3, -0.25) is 4.79 Å². The molecule has 7 nitrogen and oxygen atoms in total. The van der Waals surface area contributed by atoms with Gasteiger partial charge in [0.15, 0.2) is 5.65 Å². The lowest BCUT2D eigenvalue weighted by Gasteiger charge is -2.37. The molecule has 0 radical (unpaired) electrons. The van der Waals surface area contributed by atoms with Gasteiger partial charge in [0.1, 0.15) is 0 Å². The summed E-state index contributed by atoms with van der Waals surface area (Å²) in [4.78, 5) is 18.0. The van der Waals surface area contributed by atoms with Crippen molar-refractivity contribution in [2.75, 3.05) is 33.4 Å². The van der Waals surface area contributed by atoms with Crippen LogP contribution in [0, 0.1) is 5.41 Å². The van der Waals surface area contributed by atoms with Crippen LogP contribution in [0.1, 0.15) is 68.5 Å². The molecule has 3 rings (SSSR count). The van der Waals surface area contributed by atoms with E-state index in [9.17, 15) is 4.79 Å². The summed E-state index contributed by atoms with van der Waals surface area (Å²) in [7, 11) is 1.73. The lowest BCUT2D eigenvalue weighted by Crippen LogP contribution is -2.47. The molecular weight excluding hydrogens is 354 g/mol. The largest absolute Gasteiger partial charge is 0.384 e. The summed E-state index contributed by atoms with van der Waals surface area (Å²) >= 11 is 0. The number of ether oxygens (including phenoxy) is 1. The average Bonchev–Trinajstić information content (AvgIpc) is 3.10. The summed E-state index contributed by atoms with van der Waals surface area (Å²) in [6.07, 6.45) is 3.75. The summed E-state index contributed by atoms with van der Waals surface area (Å²) in [6.45, 7) is 11.5. The van der Waals surface area contributed by atoms with Gasteiger partial charge in [0.05, 0.1) is 23.8 Å². The standard InChI is InChI=1S/C21H33N5O2/c1-14(2)18-10-16(17-11-24-26(15(3)4)19(17)25-18)20(27)23-12-21(13-28-5)6-8-22-9-7-21/h10-11,14-15,22H,6-9,12-13H2,1-5H3,(H,23,27). The Morgan fingerprint density at radius 3 is 2.64 bits per heavy atom. The molecule has 1 aliphatic rings. The van der Waals surface area contributed by atoms with Gasteiger partial charge in [-0.05, 0) is 51.8 Å². The summed E-state index contributed by atoms with van der Waals surface area (Å²) < 4.78 is 7.36. The van der Waals surface area contributed by atoms with Gasteiger partial charge in [-0.25, -0.2) is 9.67 Å². The van der Waals surface area contributed by atoms with Crippen LogP contribution in [0.2, 0.25) is 0 Å². The zero-order valence-corrected chi connectivity index (χ0v) is 17.7. The van der Waals surface area contributed by atoms with Crippen LogP contribution < -0.4 is 10.6 Å². The highest BCUT2D eigenvalue weighted by atomic mass is 16.5. The number of amides is 1. The van der Waals surface area contributed by atoms with Crippen LogP contribution in [-0.2, 0) is 4.74 Å². The topological polar surface area (TPSA) is 81.1 Å². The fraction of sp³-hybridized carbons (Fsp3) is 0.667. The molecule has 2 aromatic heterocycles. The Hall–Kier alpha value is -1.99. The van der Waals surface area contributed by atoms with Crippen molar-refractivity contribution in [3.63, 3.8) is 0 Å². The second-order valence-electron chi connectivity index (χ2n) is 8.54. The molecule has 0 aromatic carbocycles. The summed E-state index contributed by atoms with van der Waals surface area (Å²) in [5.41, 5.74) is 2.33. The number of hydrogen-bond acceptors (Lipinski definition) is 5. The maximum absolute atomic E-state index is 13.2. The molecule has 0 bridgehead atoms. The number of methoxy groups -OCH3 is 1. The Morgan fingerprint density at radius 2 is 2.04 bits per heavy atom. The van der Waals surface area contributed by atoms with Crippen molar-refractivity contribution in [3.05, 3.63) is 23.5 Å². The van der Waals surface area contributed by atoms with Gasteiger partial charge in [0.25, 0.3) is 5.91 Å². The fourth-order valence-electron chi connectivity index (χ4n) is 3.90. The molecule has 1 saturated heterocycles. The number of hydrogen-bond donors (Lipinski definition) is 2. The Labute approximate surface area is 167 Å². The first-order valence-electron chi connectivity index (χ1n) is 10.2. The van der Waals surface area contributed by atoms with Crippen LogP contribution in [0.15, 0.2) is 12.3 Å². The summed E-state index contributed by atoms with van der Waals surface area (Å²) in [6, 6.07) is 2.10. The molecule has 7 heteroatoms. The number of piperidine rings is 1. The Morgan fingerprint density at radius 1 is 1.32 bits per heavy atom. The van der Waals surface area contributed by atoms with Gasteiger partial charge >= 0.3 is 0 Å². The predicted octanol–water partition coefficient (Wildman–Crippen LogP) is 2.88. The molecule has 1 fully saturated rings. The van der Waals surface area contributed by atoms with E-state index in [0.29, 0.717) is 18.7 Å². The number of nitrogens with one attached hydrogen (secondary N) is 2. The van der Waals surface area contributed by atoms with E-state index < -0.39 is 0 Å². The molecule has 0 aliphatic carbocycles. The van der Waals surface area contributed by atoms with Gasteiger partial charge in [-0.15, -0.1) is 0 Å². The third-order valence-corrected chi connectivity index (χ3v) is 5.65. The Balaban J connectivity index is 1.90. The van der Waals surface area contributed by atoms with E-state index in [2.05, 4.69) is 43.4 Å². The van der Waals surface area contributed by atoms with Crippen LogP contribution in [0.5, 0.6) is 0 Å². The summed E-state index contributed by atoms with van der Waals surface area (Å²) in [5, 5.41) is 11.9. The van der Waals surface area contributed by atoms with E-state index in [0.717, 1.165) is 42.7 Å². The maximum atomic E-state index is 13.2. The minimum absolute atomic E-state index is 0.00913. The number of carbonyl (C=O) groups is 1. The van der Waals surface area contributed by atoms with Crippen molar-refractivity contribution in [2.45, 2.75) is 52.5 Å². The average molecular weight is 388 g/mol. The van der Waals surface area contributed by atoms with Crippen molar-refractivity contribution in [1.29, 1.82) is 0 Å². The van der Waals surface area contributed by atoms with Crippen molar-refractivity contribution < 1.29 is 9.53 Å². The van der Waals surface area contributed by atoms with Crippen molar-refractivity contribution in [2.24, 2.45) is 5.41 Å². The van der Waals surface area contributed by atoms with E-state index in [1.165, 1.54) is 0 Å². The third-order valence-electron chi connectivity index (χ3n) is 5.65. The van der Waals surface area contributed by atoms with Gasteiger partial charge in [-0.2, -0.15) is 5.10 Å². The molecule has 1 amide bonds. The Kier molecular flexibility index (Phi) is 6.35. The molecule has 1 aliphatic heterocycles. The zero-order valence-electron chi connectivity index (χ0n) is 17.7. The number of nitrogens with zero attached hydrogens (tertiary/aromatic N) is 3. The molecule has 2 N–H and O–H groups in total. The quantitative estimate of drug-likeness (QED) is 0.763. The lowest BCUT2D eigenvalue weighted by molar-refractivity contribution is 0.0512. The van der Waals surface area contributed by atoms with E-state index in [1.54, 1.807) is 13.3 Å². The second-order valence-corrected chi connectivity index (χ2v) is 8.54. The van der Waals surface area contributed by atoms with Gasteiger partial charge < -0.3 is 15.4 Å². The van der Waals surface area contributed by atoms with Gasteiger partial charge in [-0.1, -0.05) is 13.8 Å². The highest BCUT2D eigenvalue weighted by molar-refractivity contribution is 6.05. The van der Waals surface area contributed by atoms with E-state index in [-0.39, 0.29) is 23.3 Å². The van der Waals surface area contributed by atoms with Crippen molar-refractivity contribution >= 4 is 16.9 Å². The smallest absolute Gasteiger partial charge is 0.252 e. The van der Waals surface area contributed by atoms with Gasteiger partial charge in [0.2, 0.25) is 0 Å². The predicted molar refractivity (Wildman–Crippen MR) is 111 cm³/mol. The van der Waals surface area contributed by atoms with E-state index >= 15 is 0 Å². The van der Waals surface area contributed by atoms with Crippen LogP contribution >= 0.6 is 0 Å². The number of fused-ring (bicyclic) bond motifs is 1.